The lowest BCUT2D eigenvalue weighted by Crippen LogP contribution is -2.46. The number of aryl methyl sites for hydroxylation is 1. The Morgan fingerprint density at radius 2 is 1.63 bits per heavy atom. The molecular weight excluding hydrogens is 632 g/mol. The molecule has 5 rings (SSSR count). The topological polar surface area (TPSA) is 154 Å². The number of nitrogens with one attached hydrogen (secondary N) is 2. The van der Waals surface area contributed by atoms with Crippen molar-refractivity contribution < 1.29 is 17.9 Å². The summed E-state index contributed by atoms with van der Waals surface area (Å²) < 4.78 is 35.3. The van der Waals surface area contributed by atoms with E-state index in [0.29, 0.717) is 27.9 Å². The third-order valence-corrected chi connectivity index (χ3v) is 8.46. The molecule has 0 radical (unpaired) electrons. The fourth-order valence-electron chi connectivity index (χ4n) is 4.33. The SMILES string of the molecule is Cc1ccc(S(=O)(=O)NC(=O)[C@@H](C)Cn2c(=O)nc(Nc3ccc(Oc4ccccn4)cc3)n(Cc3ccc(Cl)cc3)c2=O)cc1. The van der Waals surface area contributed by atoms with Gasteiger partial charge in [-0.25, -0.2) is 32.3 Å². The molecule has 0 fully saturated rings. The second kappa shape index (κ2) is 13.8. The molecule has 2 aromatic heterocycles. The molecule has 0 bridgehead atoms. The van der Waals surface area contributed by atoms with E-state index in [4.69, 9.17) is 16.3 Å². The lowest BCUT2D eigenvalue weighted by Gasteiger charge is -2.18. The zero-order chi connectivity index (χ0) is 32.8. The van der Waals surface area contributed by atoms with E-state index >= 15 is 0 Å². The number of carbonyl (C=O) groups excluding carboxylic acids is 1. The molecule has 0 aliphatic rings. The Morgan fingerprint density at radius 3 is 2.28 bits per heavy atom. The third kappa shape index (κ3) is 7.86. The van der Waals surface area contributed by atoms with E-state index in [1.807, 2.05) is 4.72 Å². The van der Waals surface area contributed by atoms with Crippen LogP contribution < -0.4 is 26.2 Å². The number of hydrogen-bond donors (Lipinski definition) is 2. The molecule has 1 amide bonds. The van der Waals surface area contributed by atoms with Gasteiger partial charge in [-0.05, 0) is 67.1 Å². The maximum absolute atomic E-state index is 13.8. The van der Waals surface area contributed by atoms with Crippen LogP contribution in [0.1, 0.15) is 18.1 Å². The predicted octanol–water partition coefficient (Wildman–Crippen LogP) is 4.49. The molecule has 12 nitrogen and oxygen atoms in total. The number of ether oxygens (including phenoxy) is 1. The summed E-state index contributed by atoms with van der Waals surface area (Å²) in [6, 6.07) is 24.8. The highest BCUT2D eigenvalue weighted by Crippen LogP contribution is 2.23. The van der Waals surface area contributed by atoms with E-state index in [2.05, 4.69) is 15.3 Å². The number of benzene rings is 3. The zero-order valence-electron chi connectivity index (χ0n) is 24.8. The van der Waals surface area contributed by atoms with Crippen molar-refractivity contribution in [3.05, 3.63) is 134 Å². The number of pyridine rings is 1. The highest BCUT2D eigenvalue weighted by Gasteiger charge is 2.24. The van der Waals surface area contributed by atoms with Crippen molar-refractivity contribution in [1.82, 2.24) is 23.8 Å². The Balaban J connectivity index is 1.41. The number of sulfonamides is 1. The number of hydrogen-bond acceptors (Lipinski definition) is 9. The monoisotopic (exact) mass is 660 g/mol. The second-order valence-corrected chi connectivity index (χ2v) is 12.5. The summed E-state index contributed by atoms with van der Waals surface area (Å²) >= 11 is 6.04. The second-order valence-electron chi connectivity index (χ2n) is 10.4. The van der Waals surface area contributed by atoms with Gasteiger partial charge in [-0.15, -0.1) is 0 Å². The summed E-state index contributed by atoms with van der Waals surface area (Å²) in [6.45, 7) is 2.81. The number of carbonyl (C=O) groups is 1. The first-order valence-corrected chi connectivity index (χ1v) is 15.9. The van der Waals surface area contributed by atoms with Crippen LogP contribution in [0, 0.1) is 12.8 Å². The number of nitrogens with zero attached hydrogens (tertiary/aromatic N) is 4. The van der Waals surface area contributed by atoms with Crippen molar-refractivity contribution in [2.75, 3.05) is 5.32 Å². The number of amides is 1. The molecule has 5 aromatic rings. The van der Waals surface area contributed by atoms with Crippen LogP contribution in [0.4, 0.5) is 11.6 Å². The van der Waals surface area contributed by atoms with Crippen molar-refractivity contribution in [1.29, 1.82) is 0 Å². The lowest BCUT2D eigenvalue weighted by molar-refractivity contribution is -0.123. The van der Waals surface area contributed by atoms with E-state index < -0.39 is 39.8 Å². The van der Waals surface area contributed by atoms with Crippen LogP contribution in [0.3, 0.4) is 0 Å². The van der Waals surface area contributed by atoms with Gasteiger partial charge in [0.1, 0.15) is 5.75 Å². The lowest BCUT2D eigenvalue weighted by atomic mass is 10.2. The van der Waals surface area contributed by atoms with Crippen molar-refractivity contribution in [3.8, 4) is 11.6 Å². The van der Waals surface area contributed by atoms with Crippen molar-refractivity contribution in [2.24, 2.45) is 5.92 Å². The first-order chi connectivity index (χ1) is 22.0. The quantitative estimate of drug-likeness (QED) is 0.209. The summed E-state index contributed by atoms with van der Waals surface area (Å²) in [6.07, 6.45) is 1.61. The molecule has 0 saturated heterocycles. The molecule has 2 N–H and O–H groups in total. The Bertz CT molecular complexity index is 2070. The molecule has 0 aliphatic heterocycles. The van der Waals surface area contributed by atoms with E-state index in [-0.39, 0.29) is 17.4 Å². The Morgan fingerprint density at radius 1 is 0.935 bits per heavy atom. The van der Waals surface area contributed by atoms with Gasteiger partial charge in [-0.3, -0.25) is 9.36 Å². The van der Waals surface area contributed by atoms with Crippen LogP contribution in [-0.4, -0.2) is 33.4 Å². The van der Waals surface area contributed by atoms with Gasteiger partial charge in [0.2, 0.25) is 17.7 Å². The van der Waals surface area contributed by atoms with Gasteiger partial charge in [-0.2, -0.15) is 4.98 Å². The number of rotatable bonds is 11. The fourth-order valence-corrected chi connectivity index (χ4v) is 5.53. The summed E-state index contributed by atoms with van der Waals surface area (Å²) in [5, 5.41) is 3.52. The molecular formula is C32H29ClN6O6S. The molecule has 14 heteroatoms. The summed E-state index contributed by atoms with van der Waals surface area (Å²) in [5.41, 5.74) is 0.376. The Labute approximate surface area is 269 Å². The molecule has 236 valence electrons. The first kappa shape index (κ1) is 32.1. The van der Waals surface area contributed by atoms with Gasteiger partial charge in [0.25, 0.3) is 10.0 Å². The average Bonchev–Trinajstić information content (AvgIpc) is 3.03. The number of halogens is 1. The van der Waals surface area contributed by atoms with Gasteiger partial charge in [0.15, 0.2) is 0 Å². The zero-order valence-corrected chi connectivity index (χ0v) is 26.3. The number of aromatic nitrogens is 4. The summed E-state index contributed by atoms with van der Waals surface area (Å²) in [5.74, 6) is -1.07. The average molecular weight is 661 g/mol. The van der Waals surface area contributed by atoms with Crippen LogP contribution in [-0.2, 0) is 27.9 Å². The van der Waals surface area contributed by atoms with E-state index in [1.165, 1.54) is 23.6 Å². The highest BCUT2D eigenvalue weighted by molar-refractivity contribution is 7.90. The molecule has 0 aliphatic carbocycles. The van der Waals surface area contributed by atoms with Crippen molar-refractivity contribution in [3.63, 3.8) is 0 Å². The molecule has 0 spiro atoms. The fraction of sp³-hybridized carbons (Fsp3) is 0.156. The largest absolute Gasteiger partial charge is 0.439 e. The normalized spacial score (nSPS) is 11.9. The Kier molecular flexibility index (Phi) is 9.64. The van der Waals surface area contributed by atoms with Crippen molar-refractivity contribution >= 4 is 39.2 Å². The van der Waals surface area contributed by atoms with Crippen LogP contribution >= 0.6 is 11.6 Å². The van der Waals surface area contributed by atoms with Gasteiger partial charge in [-0.1, -0.05) is 54.4 Å². The molecule has 0 saturated carbocycles. The van der Waals surface area contributed by atoms with Gasteiger partial charge in [0, 0.05) is 29.5 Å². The minimum Gasteiger partial charge on any atom is -0.439 e. The van der Waals surface area contributed by atoms with Gasteiger partial charge < -0.3 is 10.1 Å². The molecule has 1 atom stereocenters. The smallest absolute Gasteiger partial charge is 0.354 e. The molecule has 3 aromatic carbocycles. The van der Waals surface area contributed by atoms with Crippen LogP contribution in [0.25, 0.3) is 0 Å². The van der Waals surface area contributed by atoms with Crippen LogP contribution in [0.5, 0.6) is 11.6 Å². The standard InChI is InChI=1S/C32H29ClN6O6S/c1-21-6-16-27(17-7-21)46(43,44)37-29(40)22(2)19-39-31(41)36-30(38(32(39)42)20-23-8-10-24(33)11-9-23)35-25-12-14-26(15-13-25)45-28-5-3-4-18-34-28/h3-18,22H,19-20H2,1-2H3,(H,37,40)(H,35,36,41)/t22-/m0/s1. The van der Waals surface area contributed by atoms with Gasteiger partial charge >= 0.3 is 11.4 Å². The van der Waals surface area contributed by atoms with Gasteiger partial charge in [0.05, 0.1) is 17.4 Å². The van der Waals surface area contributed by atoms with Crippen LogP contribution in [0.2, 0.25) is 5.02 Å². The Hall–Kier alpha value is -5.27. The minimum atomic E-state index is -4.17. The highest BCUT2D eigenvalue weighted by atomic mass is 35.5. The number of anilines is 2. The van der Waals surface area contributed by atoms with E-state index in [9.17, 15) is 22.8 Å². The van der Waals surface area contributed by atoms with E-state index in [0.717, 1.165) is 10.1 Å². The predicted molar refractivity (Wildman–Crippen MR) is 173 cm³/mol. The summed E-state index contributed by atoms with van der Waals surface area (Å²) in [4.78, 5) is 48.0. The molecule has 2 heterocycles. The minimum absolute atomic E-state index is 0.00880. The van der Waals surface area contributed by atoms with Crippen molar-refractivity contribution in [2.45, 2.75) is 31.8 Å². The first-order valence-electron chi connectivity index (χ1n) is 14.0. The third-order valence-electron chi connectivity index (χ3n) is 6.84. The maximum atomic E-state index is 13.8. The maximum Gasteiger partial charge on any atom is 0.354 e. The molecule has 46 heavy (non-hydrogen) atoms. The van der Waals surface area contributed by atoms with Crippen LogP contribution in [0.15, 0.2) is 112 Å². The molecule has 0 unspecified atom stereocenters. The van der Waals surface area contributed by atoms with E-state index in [1.54, 1.807) is 92.0 Å². The summed E-state index contributed by atoms with van der Waals surface area (Å²) in [7, 11) is -4.17.